The molecule has 1 heterocycles. The summed E-state index contributed by atoms with van der Waals surface area (Å²) in [5.41, 5.74) is -2.42. The summed E-state index contributed by atoms with van der Waals surface area (Å²) in [6.45, 7) is 9.12. The van der Waals surface area contributed by atoms with E-state index in [9.17, 15) is 45.6 Å². The van der Waals surface area contributed by atoms with Crippen LogP contribution in [0.25, 0.3) is 0 Å². The van der Waals surface area contributed by atoms with E-state index in [2.05, 4.69) is 6.92 Å². The van der Waals surface area contributed by atoms with E-state index in [1.54, 1.807) is 19.9 Å². The van der Waals surface area contributed by atoms with Crippen LogP contribution in [0.1, 0.15) is 86.0 Å². The van der Waals surface area contributed by atoms with Gasteiger partial charge in [0.25, 0.3) is 0 Å². The van der Waals surface area contributed by atoms with Crippen LogP contribution >= 0.6 is 0 Å². The molecule has 0 aromatic heterocycles. The Balaban J connectivity index is 1.27. The highest BCUT2D eigenvalue weighted by atomic mass is 16.7. The Labute approximate surface area is 259 Å². The molecule has 0 radical (unpaired) electrons. The molecular weight excluding hydrogens is 572 g/mol. The molecule has 4 fully saturated rings. The molecule has 5 rings (SSSR count). The van der Waals surface area contributed by atoms with Crippen LogP contribution in [0, 0.1) is 34.5 Å². The molecule has 15 atom stereocenters. The molecule has 1 saturated heterocycles. The van der Waals surface area contributed by atoms with Crippen LogP contribution < -0.4 is 0 Å². The van der Waals surface area contributed by atoms with Crippen LogP contribution in [-0.4, -0.2) is 113 Å². The van der Waals surface area contributed by atoms with Gasteiger partial charge < -0.3 is 50.3 Å². The van der Waals surface area contributed by atoms with E-state index >= 15 is 0 Å². The fraction of sp³-hybridized carbons (Fsp3) is 0.909. The van der Waals surface area contributed by atoms with Gasteiger partial charge in [-0.15, -0.1) is 0 Å². The summed E-state index contributed by atoms with van der Waals surface area (Å²) in [5.74, 6) is -0.721. The molecule has 11 heteroatoms. The maximum atomic E-state index is 13.4. The first-order valence-electron chi connectivity index (χ1n) is 16.4. The lowest BCUT2D eigenvalue weighted by Gasteiger charge is -2.60. The van der Waals surface area contributed by atoms with Crippen molar-refractivity contribution in [1.29, 1.82) is 0 Å². The summed E-state index contributed by atoms with van der Waals surface area (Å²) in [7, 11) is 0. The van der Waals surface area contributed by atoms with E-state index in [0.717, 1.165) is 12.0 Å². The highest BCUT2D eigenvalue weighted by Gasteiger charge is 2.67. The Kier molecular flexibility index (Phi) is 9.30. The third kappa shape index (κ3) is 5.42. The average Bonchev–Trinajstić information content (AvgIpc) is 3.24. The van der Waals surface area contributed by atoms with Crippen LogP contribution in [0.4, 0.5) is 0 Å². The highest BCUT2D eigenvalue weighted by molar-refractivity contribution is 5.95. The number of rotatable bonds is 8. The molecule has 0 amide bonds. The van der Waals surface area contributed by atoms with Gasteiger partial charge in [-0.25, -0.2) is 0 Å². The summed E-state index contributed by atoms with van der Waals surface area (Å²) >= 11 is 0. The summed E-state index contributed by atoms with van der Waals surface area (Å²) < 4.78 is 11.5. The number of ketones is 1. The number of allylic oxidation sites excluding steroid dienone is 1. The van der Waals surface area contributed by atoms with Gasteiger partial charge in [0, 0.05) is 11.3 Å². The maximum absolute atomic E-state index is 13.4. The second kappa shape index (κ2) is 11.9. The van der Waals surface area contributed by atoms with Gasteiger partial charge in [0.05, 0.1) is 36.1 Å². The largest absolute Gasteiger partial charge is 0.394 e. The molecular formula is C33H54O11. The second-order valence-corrected chi connectivity index (χ2v) is 15.7. The van der Waals surface area contributed by atoms with Crippen molar-refractivity contribution in [3.63, 3.8) is 0 Å². The first-order valence-corrected chi connectivity index (χ1v) is 16.4. The van der Waals surface area contributed by atoms with Gasteiger partial charge in [-0.3, -0.25) is 4.79 Å². The molecule has 3 saturated carbocycles. The molecule has 8 N–H and O–H groups in total. The van der Waals surface area contributed by atoms with Crippen molar-refractivity contribution in [2.75, 3.05) is 6.61 Å². The smallest absolute Gasteiger partial charge is 0.187 e. The van der Waals surface area contributed by atoms with Crippen LogP contribution in [0.15, 0.2) is 11.6 Å². The summed E-state index contributed by atoms with van der Waals surface area (Å²) in [6, 6.07) is 0. The highest BCUT2D eigenvalue weighted by Crippen LogP contribution is 2.68. The molecule has 4 aliphatic carbocycles. The fourth-order valence-electron chi connectivity index (χ4n) is 9.82. The normalized spacial score (nSPS) is 49.0. The molecule has 252 valence electrons. The minimum absolute atomic E-state index is 0.0155. The minimum atomic E-state index is -1.54. The lowest BCUT2D eigenvalue weighted by atomic mass is 9.46. The van der Waals surface area contributed by atoms with Crippen LogP contribution in [0.3, 0.4) is 0 Å². The number of carbonyl (C=O) groups is 1. The van der Waals surface area contributed by atoms with Gasteiger partial charge in [-0.2, -0.15) is 0 Å². The number of hydrogen-bond donors (Lipinski definition) is 8. The predicted molar refractivity (Wildman–Crippen MR) is 158 cm³/mol. The Morgan fingerprint density at radius 2 is 1.70 bits per heavy atom. The SMILES string of the molecule is C[C@H]([C@H](O)CCC(C)(C)OC1O[C@H](CO)[C@@H](O)[C@H](O)C1O)[C@H]1CC[C@@]2(O)C3=CC(=O)[C@@H]4C[C@@H](O)[C@@H](O)C[C@]4(C)[C@H]3CC[C@]12C. The monoisotopic (exact) mass is 626 g/mol. The minimum Gasteiger partial charge on any atom is -0.394 e. The van der Waals surface area contributed by atoms with Crippen molar-refractivity contribution in [3.05, 3.63) is 11.6 Å². The van der Waals surface area contributed by atoms with Crippen molar-refractivity contribution < 1.29 is 55.1 Å². The standard InChI is InChI=1S/C33H54O11/c1-16(21(35)8-9-30(2,3)44-29-28(41)27(40)26(39)25(15-34)43-29)17-7-11-33(42)19-12-22(36)20-13-23(37)24(38)14-31(20,4)18(19)6-10-32(17,33)5/h12,16-18,20-21,23-29,34-35,37-42H,6-11,13-15H2,1-5H3/t16-,17+,18-,20-,21+,23+,24-,25+,26+,27-,28?,29?,31+,32+,33+/m0/s1. The Bertz CT molecular complexity index is 1110. The van der Waals surface area contributed by atoms with Crippen molar-refractivity contribution in [3.8, 4) is 0 Å². The molecule has 44 heavy (non-hydrogen) atoms. The number of fused-ring (bicyclic) bond motifs is 5. The van der Waals surface area contributed by atoms with E-state index in [1.165, 1.54) is 0 Å². The molecule has 2 unspecified atom stereocenters. The topological polar surface area (TPSA) is 197 Å². The molecule has 0 aromatic rings. The number of ether oxygens (including phenoxy) is 2. The summed E-state index contributed by atoms with van der Waals surface area (Å²) in [5, 5.41) is 84.8. The summed E-state index contributed by atoms with van der Waals surface area (Å²) in [4.78, 5) is 13.4. The molecule has 0 bridgehead atoms. The first-order chi connectivity index (χ1) is 20.4. The number of aliphatic hydroxyl groups excluding tert-OH is 7. The zero-order chi connectivity index (χ0) is 32.6. The van der Waals surface area contributed by atoms with Crippen LogP contribution in [0.2, 0.25) is 0 Å². The number of carbonyl (C=O) groups excluding carboxylic acids is 1. The van der Waals surface area contributed by atoms with Crippen molar-refractivity contribution in [2.24, 2.45) is 34.5 Å². The Morgan fingerprint density at radius 3 is 2.36 bits per heavy atom. The third-order valence-corrected chi connectivity index (χ3v) is 12.8. The quantitative estimate of drug-likeness (QED) is 0.187. The number of aliphatic hydroxyl groups is 8. The lowest BCUT2D eigenvalue weighted by molar-refractivity contribution is -0.324. The lowest BCUT2D eigenvalue weighted by Crippen LogP contribution is -2.61. The van der Waals surface area contributed by atoms with E-state index in [0.29, 0.717) is 38.5 Å². The van der Waals surface area contributed by atoms with E-state index in [4.69, 9.17) is 9.47 Å². The van der Waals surface area contributed by atoms with Gasteiger partial charge in [0.1, 0.15) is 24.4 Å². The molecule has 0 spiro atoms. The number of hydrogen-bond acceptors (Lipinski definition) is 11. The van der Waals surface area contributed by atoms with Crippen LogP contribution in [0.5, 0.6) is 0 Å². The molecule has 1 aliphatic heterocycles. The van der Waals surface area contributed by atoms with Crippen LogP contribution in [-0.2, 0) is 14.3 Å². The fourth-order valence-corrected chi connectivity index (χ4v) is 9.82. The zero-order valence-corrected chi connectivity index (χ0v) is 26.7. The molecule has 5 aliphatic rings. The second-order valence-electron chi connectivity index (χ2n) is 15.7. The van der Waals surface area contributed by atoms with Crippen molar-refractivity contribution in [2.45, 2.75) is 146 Å². The van der Waals surface area contributed by atoms with Gasteiger partial charge in [0.2, 0.25) is 0 Å². The van der Waals surface area contributed by atoms with Gasteiger partial charge in [0.15, 0.2) is 12.1 Å². The maximum Gasteiger partial charge on any atom is 0.187 e. The van der Waals surface area contributed by atoms with E-state index in [-0.39, 0.29) is 35.9 Å². The molecule has 0 aromatic carbocycles. The van der Waals surface area contributed by atoms with Crippen molar-refractivity contribution in [1.82, 2.24) is 0 Å². The Hall–Kier alpha value is -0.990. The zero-order valence-electron chi connectivity index (χ0n) is 26.7. The first kappa shape index (κ1) is 34.3. The van der Waals surface area contributed by atoms with Gasteiger partial charge >= 0.3 is 0 Å². The average molecular weight is 627 g/mol. The predicted octanol–water partition coefficient (Wildman–Crippen LogP) is 0.563. The third-order valence-electron chi connectivity index (χ3n) is 12.8. The van der Waals surface area contributed by atoms with Gasteiger partial charge in [-0.05, 0) is 100 Å². The summed E-state index contributed by atoms with van der Waals surface area (Å²) in [6.07, 6.45) is -3.83. The molecule has 11 nitrogen and oxygen atoms in total. The Morgan fingerprint density at radius 1 is 1.02 bits per heavy atom. The van der Waals surface area contributed by atoms with E-state index < -0.39 is 77.7 Å². The van der Waals surface area contributed by atoms with Gasteiger partial charge in [-0.1, -0.05) is 20.8 Å². The van der Waals surface area contributed by atoms with Crippen molar-refractivity contribution >= 4 is 5.78 Å². The van der Waals surface area contributed by atoms with E-state index in [1.807, 2.05) is 13.8 Å².